The maximum Gasteiger partial charge on any atom is 0.182 e. The van der Waals surface area contributed by atoms with Gasteiger partial charge < -0.3 is 9.64 Å². The molecule has 0 amide bonds. The average molecular weight is 269 g/mol. The van der Waals surface area contributed by atoms with Crippen molar-refractivity contribution in [3.63, 3.8) is 0 Å². The predicted octanol–water partition coefficient (Wildman–Crippen LogP) is 2.45. The van der Waals surface area contributed by atoms with E-state index in [2.05, 4.69) is 15.3 Å². The molecule has 1 heterocycles. The highest BCUT2D eigenvalue weighted by atomic mass is 16.5. The molecule has 0 atom stereocenters. The van der Waals surface area contributed by atoms with Crippen LogP contribution >= 0.6 is 0 Å². The van der Waals surface area contributed by atoms with Crippen LogP contribution in [-0.4, -0.2) is 24.1 Å². The molecule has 0 radical (unpaired) electrons. The zero-order valence-corrected chi connectivity index (χ0v) is 11.6. The Kier molecular flexibility index (Phi) is 4.01. The van der Waals surface area contributed by atoms with Gasteiger partial charge in [-0.1, -0.05) is 12.1 Å². The summed E-state index contributed by atoms with van der Waals surface area (Å²) in [5.74, 6) is 2.49. The third kappa shape index (κ3) is 2.78. The molecule has 0 unspecified atom stereocenters. The minimum absolute atomic E-state index is 0.469. The molecule has 2 aromatic rings. The van der Waals surface area contributed by atoms with Crippen LogP contribution in [-0.2, 0) is 0 Å². The Hall–Kier alpha value is -2.81. The molecule has 0 aliphatic carbocycles. The molecule has 2 rings (SSSR count). The lowest BCUT2D eigenvalue weighted by Gasteiger charge is -2.21. The van der Waals surface area contributed by atoms with E-state index in [1.807, 2.05) is 42.4 Å². The van der Waals surface area contributed by atoms with Gasteiger partial charge >= 0.3 is 0 Å². The fraction of sp³-hybridized carbons (Fsp3) is 0.214. The summed E-state index contributed by atoms with van der Waals surface area (Å²) in [5, 5.41) is 11.2. The summed E-state index contributed by atoms with van der Waals surface area (Å²) < 4.78 is 5.34. The number of aryl methyl sites for hydroxylation is 1. The van der Waals surface area contributed by atoms with E-state index in [9.17, 15) is 0 Å². The van der Waals surface area contributed by atoms with Crippen molar-refractivity contribution in [1.82, 2.24) is 9.97 Å². The lowest BCUT2D eigenvalue weighted by atomic mass is 10.2. The minimum Gasteiger partial charge on any atom is -0.495 e. The number of para-hydroxylation sites is 2. The fourth-order valence-corrected chi connectivity index (χ4v) is 1.88. The first-order valence-corrected chi connectivity index (χ1v) is 6.03. The third-order valence-corrected chi connectivity index (χ3v) is 2.80. The highest BCUT2D eigenvalue weighted by Gasteiger charge is 2.12. The summed E-state index contributed by atoms with van der Waals surface area (Å²) >= 11 is 0. The van der Waals surface area contributed by atoms with E-state index in [0.717, 1.165) is 11.4 Å². The van der Waals surface area contributed by atoms with Crippen molar-refractivity contribution in [2.45, 2.75) is 6.92 Å². The van der Waals surface area contributed by atoms with E-state index in [-0.39, 0.29) is 0 Å². The van der Waals surface area contributed by atoms with Gasteiger partial charge in [0.15, 0.2) is 6.19 Å². The second-order valence-corrected chi connectivity index (χ2v) is 4.13. The molecule has 6 heteroatoms. The van der Waals surface area contributed by atoms with Gasteiger partial charge in [-0.2, -0.15) is 5.26 Å². The lowest BCUT2D eigenvalue weighted by Crippen LogP contribution is -2.13. The molecule has 0 aliphatic heterocycles. The topological polar surface area (TPSA) is 74.1 Å². The molecule has 102 valence electrons. The highest BCUT2D eigenvalue weighted by Crippen LogP contribution is 2.31. The van der Waals surface area contributed by atoms with Crippen LogP contribution in [0.15, 0.2) is 30.3 Å². The van der Waals surface area contributed by atoms with Crippen LogP contribution in [0, 0.1) is 18.4 Å². The lowest BCUT2D eigenvalue weighted by molar-refractivity contribution is 0.415. The first-order valence-electron chi connectivity index (χ1n) is 6.03. The van der Waals surface area contributed by atoms with Crippen molar-refractivity contribution in [2.24, 2.45) is 0 Å². The molecule has 1 N–H and O–H groups in total. The van der Waals surface area contributed by atoms with E-state index in [1.165, 1.54) is 0 Å². The summed E-state index contributed by atoms with van der Waals surface area (Å²) in [7, 11) is 3.51. The standard InChI is InChI=1S/C14H15N5O/c1-10-17-13(16-9-15)8-14(18-10)19(2)11-6-4-5-7-12(11)20-3/h4-8H,1-3H3,(H,16,17,18). The van der Waals surface area contributed by atoms with Crippen LogP contribution in [0.2, 0.25) is 0 Å². The molecule has 0 fully saturated rings. The van der Waals surface area contributed by atoms with Crippen LogP contribution in [0.4, 0.5) is 17.3 Å². The van der Waals surface area contributed by atoms with E-state index in [4.69, 9.17) is 10.00 Å². The van der Waals surface area contributed by atoms with Gasteiger partial charge in [-0.05, 0) is 19.1 Å². The number of aromatic nitrogens is 2. The summed E-state index contributed by atoms with van der Waals surface area (Å²) in [6, 6.07) is 9.37. The normalized spacial score (nSPS) is 9.70. The number of rotatable bonds is 4. The van der Waals surface area contributed by atoms with Gasteiger partial charge in [0.2, 0.25) is 0 Å². The second kappa shape index (κ2) is 5.89. The molecular weight excluding hydrogens is 254 g/mol. The number of nitrogens with zero attached hydrogens (tertiary/aromatic N) is 4. The number of hydrogen-bond acceptors (Lipinski definition) is 6. The SMILES string of the molecule is COc1ccccc1N(C)c1cc(NC#N)nc(C)n1. The summed E-state index contributed by atoms with van der Waals surface area (Å²) in [4.78, 5) is 10.4. The molecule has 0 saturated carbocycles. The number of benzene rings is 1. The predicted molar refractivity (Wildman–Crippen MR) is 77.1 cm³/mol. The molecule has 20 heavy (non-hydrogen) atoms. The molecule has 1 aromatic carbocycles. The van der Waals surface area contributed by atoms with Crippen molar-refractivity contribution in [2.75, 3.05) is 24.4 Å². The van der Waals surface area contributed by atoms with Crippen LogP contribution < -0.4 is 15.0 Å². The summed E-state index contributed by atoms with van der Waals surface area (Å²) in [6.45, 7) is 1.78. The number of nitriles is 1. The number of anilines is 3. The average Bonchev–Trinajstić information content (AvgIpc) is 2.46. The van der Waals surface area contributed by atoms with Crippen LogP contribution in [0.25, 0.3) is 0 Å². The number of hydrogen-bond donors (Lipinski definition) is 1. The van der Waals surface area contributed by atoms with Crippen molar-refractivity contribution in [3.8, 4) is 11.9 Å². The zero-order chi connectivity index (χ0) is 14.5. The van der Waals surface area contributed by atoms with Crippen molar-refractivity contribution in [1.29, 1.82) is 5.26 Å². The van der Waals surface area contributed by atoms with Gasteiger partial charge in [-0.15, -0.1) is 0 Å². The van der Waals surface area contributed by atoms with Gasteiger partial charge in [-0.25, -0.2) is 9.97 Å². The third-order valence-electron chi connectivity index (χ3n) is 2.80. The summed E-state index contributed by atoms with van der Waals surface area (Å²) in [6.07, 6.45) is 1.86. The molecule has 1 aromatic heterocycles. The number of ether oxygens (including phenoxy) is 1. The van der Waals surface area contributed by atoms with E-state index in [1.54, 1.807) is 20.1 Å². The van der Waals surface area contributed by atoms with Gasteiger partial charge in [0.25, 0.3) is 0 Å². The molecule has 0 bridgehead atoms. The highest BCUT2D eigenvalue weighted by molar-refractivity contribution is 5.68. The monoisotopic (exact) mass is 269 g/mol. The molecule has 0 spiro atoms. The number of methoxy groups -OCH3 is 1. The Morgan fingerprint density at radius 1 is 1.30 bits per heavy atom. The fourth-order valence-electron chi connectivity index (χ4n) is 1.88. The number of nitrogens with one attached hydrogen (secondary N) is 1. The van der Waals surface area contributed by atoms with Crippen molar-refractivity contribution in [3.05, 3.63) is 36.2 Å². The largest absolute Gasteiger partial charge is 0.495 e. The zero-order valence-electron chi connectivity index (χ0n) is 11.6. The Balaban J connectivity index is 2.42. The second-order valence-electron chi connectivity index (χ2n) is 4.13. The van der Waals surface area contributed by atoms with Gasteiger partial charge in [0, 0.05) is 13.1 Å². The Labute approximate surface area is 117 Å². The smallest absolute Gasteiger partial charge is 0.182 e. The Morgan fingerprint density at radius 2 is 2.05 bits per heavy atom. The van der Waals surface area contributed by atoms with E-state index in [0.29, 0.717) is 17.5 Å². The van der Waals surface area contributed by atoms with E-state index >= 15 is 0 Å². The first kappa shape index (κ1) is 13.6. The Morgan fingerprint density at radius 3 is 2.75 bits per heavy atom. The van der Waals surface area contributed by atoms with Gasteiger partial charge in [0.05, 0.1) is 12.8 Å². The molecular formula is C14H15N5O. The van der Waals surface area contributed by atoms with Crippen molar-refractivity contribution < 1.29 is 4.74 Å². The maximum atomic E-state index is 8.68. The Bertz CT molecular complexity index is 650. The minimum atomic E-state index is 0.469. The first-order chi connectivity index (χ1) is 9.65. The van der Waals surface area contributed by atoms with Crippen LogP contribution in [0.5, 0.6) is 5.75 Å². The molecule has 0 aliphatic rings. The van der Waals surface area contributed by atoms with Crippen LogP contribution in [0.1, 0.15) is 5.82 Å². The molecule has 0 saturated heterocycles. The van der Waals surface area contributed by atoms with Gasteiger partial charge in [-0.3, -0.25) is 5.32 Å². The quantitative estimate of drug-likeness (QED) is 0.679. The summed E-state index contributed by atoms with van der Waals surface area (Å²) in [5.41, 5.74) is 0.885. The maximum absolute atomic E-state index is 8.68. The molecule has 6 nitrogen and oxygen atoms in total. The van der Waals surface area contributed by atoms with E-state index < -0.39 is 0 Å². The van der Waals surface area contributed by atoms with Crippen molar-refractivity contribution >= 4 is 17.3 Å². The van der Waals surface area contributed by atoms with Crippen LogP contribution in [0.3, 0.4) is 0 Å². The van der Waals surface area contributed by atoms with Gasteiger partial charge in [0.1, 0.15) is 23.2 Å².